The Hall–Kier alpha value is -2.41. The topological polar surface area (TPSA) is 107 Å². The summed E-state index contributed by atoms with van der Waals surface area (Å²) in [6.45, 7) is 1.44. The summed E-state index contributed by atoms with van der Waals surface area (Å²) in [7, 11) is 0. The summed E-state index contributed by atoms with van der Waals surface area (Å²) in [5, 5.41) is 20.7. The Morgan fingerprint density at radius 2 is 2.05 bits per heavy atom. The van der Waals surface area contributed by atoms with Gasteiger partial charge in [-0.2, -0.15) is 0 Å². The smallest absolute Gasteiger partial charge is 0.243 e. The van der Waals surface area contributed by atoms with E-state index in [4.69, 9.17) is 0 Å². The molecule has 106 valence electrons. The Kier molecular flexibility index (Phi) is 3.71. The van der Waals surface area contributed by atoms with Crippen molar-refractivity contribution in [3.05, 3.63) is 23.8 Å². The van der Waals surface area contributed by atoms with Gasteiger partial charge >= 0.3 is 0 Å². The molecule has 0 saturated carbocycles. The van der Waals surface area contributed by atoms with Crippen LogP contribution in [-0.2, 0) is 9.59 Å². The van der Waals surface area contributed by atoms with Crippen LogP contribution < -0.4 is 5.32 Å². The molecule has 0 bridgehead atoms. The van der Waals surface area contributed by atoms with Gasteiger partial charge in [0.2, 0.25) is 11.8 Å². The van der Waals surface area contributed by atoms with Crippen molar-refractivity contribution in [2.75, 3.05) is 13.1 Å². The zero-order valence-electron chi connectivity index (χ0n) is 10.8. The maximum Gasteiger partial charge on any atom is 0.243 e. The van der Waals surface area contributed by atoms with E-state index >= 15 is 0 Å². The number of carbonyl (C=O) groups is 3. The van der Waals surface area contributed by atoms with Gasteiger partial charge in [0.1, 0.15) is 0 Å². The van der Waals surface area contributed by atoms with Crippen LogP contribution in [0, 0.1) is 0 Å². The third-order valence-electron chi connectivity index (χ3n) is 3.18. The summed E-state index contributed by atoms with van der Waals surface area (Å²) in [6, 6.07) is 3.14. The first-order chi connectivity index (χ1) is 9.38. The Morgan fingerprint density at radius 3 is 2.70 bits per heavy atom. The van der Waals surface area contributed by atoms with E-state index < -0.39 is 23.6 Å². The predicted molar refractivity (Wildman–Crippen MR) is 68.3 cm³/mol. The van der Waals surface area contributed by atoms with E-state index in [9.17, 15) is 24.6 Å². The lowest BCUT2D eigenvalue weighted by atomic mass is 10.1. The van der Waals surface area contributed by atoms with Crippen LogP contribution in [0.2, 0.25) is 0 Å². The third-order valence-corrected chi connectivity index (χ3v) is 3.18. The first kappa shape index (κ1) is 14.0. The van der Waals surface area contributed by atoms with E-state index in [1.54, 1.807) is 6.92 Å². The summed E-state index contributed by atoms with van der Waals surface area (Å²) in [5.74, 6) is -1.95. The fourth-order valence-corrected chi connectivity index (χ4v) is 1.93. The van der Waals surface area contributed by atoms with Crippen molar-refractivity contribution in [1.82, 2.24) is 10.2 Å². The first-order valence-electron chi connectivity index (χ1n) is 6.01. The lowest BCUT2D eigenvalue weighted by Crippen LogP contribution is -2.57. The number of piperazine rings is 1. The number of ketones is 1. The molecule has 1 aliphatic heterocycles. The Bertz CT molecular complexity index is 584. The van der Waals surface area contributed by atoms with Crippen LogP contribution in [0.4, 0.5) is 0 Å². The molecule has 2 rings (SSSR count). The number of nitrogens with zero attached hydrogens (tertiary/aromatic N) is 1. The number of rotatable bonds is 3. The molecule has 1 aromatic carbocycles. The van der Waals surface area contributed by atoms with Gasteiger partial charge in [0.25, 0.3) is 0 Å². The summed E-state index contributed by atoms with van der Waals surface area (Å²) < 4.78 is 0. The molecule has 20 heavy (non-hydrogen) atoms. The number of phenolic OH excluding ortho intramolecular Hbond substituents is 2. The number of imide groups is 1. The van der Waals surface area contributed by atoms with E-state index in [1.165, 1.54) is 17.0 Å². The Morgan fingerprint density at radius 1 is 1.35 bits per heavy atom. The second-order valence-corrected chi connectivity index (χ2v) is 4.62. The number of hydrogen-bond donors (Lipinski definition) is 3. The summed E-state index contributed by atoms with van der Waals surface area (Å²) in [4.78, 5) is 36.3. The molecule has 0 spiro atoms. The van der Waals surface area contributed by atoms with Crippen LogP contribution in [0.1, 0.15) is 17.3 Å². The van der Waals surface area contributed by atoms with Gasteiger partial charge in [-0.25, -0.2) is 0 Å². The van der Waals surface area contributed by atoms with Crippen LogP contribution in [0.3, 0.4) is 0 Å². The van der Waals surface area contributed by atoms with E-state index in [-0.39, 0.29) is 30.2 Å². The summed E-state index contributed by atoms with van der Waals surface area (Å²) in [6.07, 6.45) is 0. The molecule has 1 unspecified atom stereocenters. The highest BCUT2D eigenvalue weighted by Crippen LogP contribution is 2.25. The van der Waals surface area contributed by atoms with Gasteiger partial charge < -0.3 is 10.2 Å². The number of Topliss-reactive ketones (excluding diaryl/α,β-unsaturated/α-hetero) is 1. The van der Waals surface area contributed by atoms with Gasteiger partial charge in [-0.15, -0.1) is 0 Å². The molecule has 1 heterocycles. The summed E-state index contributed by atoms with van der Waals surface area (Å²) in [5.41, 5.74) is 0.200. The number of nitrogens with one attached hydrogen (secondary N) is 1. The molecule has 1 aliphatic rings. The average molecular weight is 278 g/mol. The van der Waals surface area contributed by atoms with Crippen LogP contribution in [0.5, 0.6) is 11.5 Å². The number of benzene rings is 1. The van der Waals surface area contributed by atoms with Gasteiger partial charge in [-0.05, 0) is 25.1 Å². The highest BCUT2D eigenvalue weighted by molar-refractivity contribution is 6.03. The molecule has 7 nitrogen and oxygen atoms in total. The van der Waals surface area contributed by atoms with E-state index in [1.807, 2.05) is 0 Å². The molecule has 0 aliphatic carbocycles. The molecule has 1 aromatic rings. The van der Waals surface area contributed by atoms with Crippen molar-refractivity contribution in [1.29, 1.82) is 0 Å². The number of hydrogen-bond acceptors (Lipinski definition) is 6. The molecule has 0 aromatic heterocycles. The van der Waals surface area contributed by atoms with Crippen molar-refractivity contribution >= 4 is 17.6 Å². The fraction of sp³-hybridized carbons (Fsp3) is 0.308. The maximum absolute atomic E-state index is 12.1. The van der Waals surface area contributed by atoms with Gasteiger partial charge in [-0.3, -0.25) is 24.6 Å². The van der Waals surface area contributed by atoms with Crippen molar-refractivity contribution < 1.29 is 24.6 Å². The standard InChI is InChI=1S/C13H14N2O5/c1-7-13(20)14-12(19)6-15(7)5-11(18)8-2-3-9(16)10(17)4-8/h2-4,7,16-17H,5-6H2,1H3,(H,14,19,20). The number of amides is 2. The minimum absolute atomic E-state index is 0.0390. The van der Waals surface area contributed by atoms with Gasteiger partial charge in [0.05, 0.1) is 19.1 Å². The van der Waals surface area contributed by atoms with Crippen molar-refractivity contribution in [2.45, 2.75) is 13.0 Å². The van der Waals surface area contributed by atoms with E-state index in [0.29, 0.717) is 0 Å². The largest absolute Gasteiger partial charge is 0.504 e. The molecule has 7 heteroatoms. The molecule has 1 fully saturated rings. The third kappa shape index (κ3) is 2.77. The monoisotopic (exact) mass is 278 g/mol. The molecular formula is C13H14N2O5. The van der Waals surface area contributed by atoms with Crippen LogP contribution >= 0.6 is 0 Å². The molecule has 3 N–H and O–H groups in total. The van der Waals surface area contributed by atoms with Gasteiger partial charge in [0.15, 0.2) is 17.3 Å². The lowest BCUT2D eigenvalue weighted by Gasteiger charge is -2.30. The van der Waals surface area contributed by atoms with E-state index in [0.717, 1.165) is 6.07 Å². The highest BCUT2D eigenvalue weighted by Gasteiger charge is 2.31. The maximum atomic E-state index is 12.1. The SMILES string of the molecule is CC1C(=O)NC(=O)CN1CC(=O)c1ccc(O)c(O)c1. The first-order valence-corrected chi connectivity index (χ1v) is 6.01. The van der Waals surface area contributed by atoms with Crippen molar-refractivity contribution in [3.8, 4) is 11.5 Å². The predicted octanol–water partition coefficient (Wildman–Crippen LogP) is -0.373. The molecule has 2 amide bonds. The second-order valence-electron chi connectivity index (χ2n) is 4.62. The second kappa shape index (κ2) is 5.30. The zero-order valence-corrected chi connectivity index (χ0v) is 10.8. The highest BCUT2D eigenvalue weighted by atomic mass is 16.3. The minimum atomic E-state index is -0.581. The van der Waals surface area contributed by atoms with Crippen LogP contribution in [0.15, 0.2) is 18.2 Å². The Labute approximate surface area is 114 Å². The number of phenols is 2. The number of aromatic hydroxyl groups is 2. The molecular weight excluding hydrogens is 264 g/mol. The molecule has 0 radical (unpaired) electrons. The van der Waals surface area contributed by atoms with Crippen LogP contribution in [-0.4, -0.2) is 51.8 Å². The minimum Gasteiger partial charge on any atom is -0.504 e. The molecule has 1 saturated heterocycles. The average Bonchev–Trinajstić information content (AvgIpc) is 2.38. The number of carbonyl (C=O) groups excluding carboxylic acids is 3. The van der Waals surface area contributed by atoms with Gasteiger partial charge in [0, 0.05) is 5.56 Å². The normalized spacial score (nSPS) is 19.8. The van der Waals surface area contributed by atoms with Crippen molar-refractivity contribution in [2.24, 2.45) is 0 Å². The molecule has 1 atom stereocenters. The quantitative estimate of drug-likeness (QED) is 0.395. The zero-order chi connectivity index (χ0) is 14.9. The van der Waals surface area contributed by atoms with E-state index in [2.05, 4.69) is 5.32 Å². The van der Waals surface area contributed by atoms with Gasteiger partial charge in [-0.1, -0.05) is 0 Å². The summed E-state index contributed by atoms with van der Waals surface area (Å²) >= 11 is 0. The fourth-order valence-electron chi connectivity index (χ4n) is 1.93. The lowest BCUT2D eigenvalue weighted by molar-refractivity contribution is -0.139. The van der Waals surface area contributed by atoms with Crippen LogP contribution in [0.25, 0.3) is 0 Å². The van der Waals surface area contributed by atoms with Crippen molar-refractivity contribution in [3.63, 3.8) is 0 Å². The Balaban J connectivity index is 2.12.